The number of halogens is 1. The van der Waals surface area contributed by atoms with Gasteiger partial charge < -0.3 is 10.6 Å². The maximum absolute atomic E-state index is 13.8. The molecule has 1 aromatic heterocycles. The normalized spacial score (nSPS) is 10.7. The highest BCUT2D eigenvalue weighted by Crippen LogP contribution is 2.31. The summed E-state index contributed by atoms with van der Waals surface area (Å²) < 4.78 is 15.4. The fourth-order valence-electron chi connectivity index (χ4n) is 2.86. The van der Waals surface area contributed by atoms with Crippen LogP contribution in [0.4, 0.5) is 10.1 Å². The summed E-state index contributed by atoms with van der Waals surface area (Å²) in [4.78, 5) is 28.9. The molecule has 0 fully saturated rings. The van der Waals surface area contributed by atoms with E-state index in [2.05, 4.69) is 15.6 Å². The molecule has 0 saturated heterocycles. The summed E-state index contributed by atoms with van der Waals surface area (Å²) >= 11 is 2.81. The van der Waals surface area contributed by atoms with Crippen molar-refractivity contribution in [3.63, 3.8) is 0 Å². The number of amides is 2. The number of carbonyl (C=O) groups excluding carboxylic acids is 2. The number of thioether (sulfide) groups is 1. The number of hydrogen-bond donors (Lipinski definition) is 2. The number of anilines is 1. The zero-order valence-electron chi connectivity index (χ0n) is 16.3. The molecule has 0 bridgehead atoms. The number of carbonyl (C=O) groups is 2. The van der Waals surface area contributed by atoms with Crippen molar-refractivity contribution in [1.29, 1.82) is 0 Å². The van der Waals surface area contributed by atoms with E-state index in [1.807, 2.05) is 30.3 Å². The lowest BCUT2D eigenvalue weighted by atomic mass is 10.2. The predicted octanol–water partition coefficient (Wildman–Crippen LogP) is 5.10. The molecule has 4 rings (SSSR count). The number of thiazole rings is 1. The van der Waals surface area contributed by atoms with Crippen LogP contribution in [0.3, 0.4) is 0 Å². The maximum atomic E-state index is 13.8. The van der Waals surface area contributed by atoms with Crippen molar-refractivity contribution in [1.82, 2.24) is 10.3 Å². The maximum Gasteiger partial charge on any atom is 0.258 e. The number of benzene rings is 3. The van der Waals surface area contributed by atoms with Crippen LogP contribution in [-0.4, -0.2) is 22.6 Å². The van der Waals surface area contributed by atoms with Crippen molar-refractivity contribution in [2.45, 2.75) is 10.9 Å². The predicted molar refractivity (Wildman–Crippen MR) is 123 cm³/mol. The SMILES string of the molecule is O=C(CSc1nc2ccc(NC(=O)c3ccccc3F)cc2s1)NCc1ccccc1. The van der Waals surface area contributed by atoms with Gasteiger partial charge in [-0.25, -0.2) is 9.37 Å². The van der Waals surface area contributed by atoms with Gasteiger partial charge in [0, 0.05) is 12.2 Å². The van der Waals surface area contributed by atoms with Gasteiger partial charge in [0.05, 0.1) is 21.5 Å². The van der Waals surface area contributed by atoms with Gasteiger partial charge in [0.1, 0.15) is 5.82 Å². The molecule has 31 heavy (non-hydrogen) atoms. The third-order valence-electron chi connectivity index (χ3n) is 4.40. The van der Waals surface area contributed by atoms with E-state index in [9.17, 15) is 14.0 Å². The zero-order valence-corrected chi connectivity index (χ0v) is 17.9. The Morgan fingerprint density at radius 3 is 2.58 bits per heavy atom. The second kappa shape index (κ2) is 9.72. The van der Waals surface area contributed by atoms with E-state index in [1.54, 1.807) is 24.3 Å². The Balaban J connectivity index is 1.35. The molecule has 3 aromatic carbocycles. The number of hydrogen-bond acceptors (Lipinski definition) is 5. The molecule has 0 atom stereocenters. The third-order valence-corrected chi connectivity index (χ3v) is 6.57. The van der Waals surface area contributed by atoms with Crippen LogP contribution in [0.15, 0.2) is 77.1 Å². The van der Waals surface area contributed by atoms with Crippen molar-refractivity contribution in [2.75, 3.05) is 11.1 Å². The second-order valence-electron chi connectivity index (χ2n) is 6.65. The van der Waals surface area contributed by atoms with E-state index < -0.39 is 11.7 Å². The summed E-state index contributed by atoms with van der Waals surface area (Å²) in [6.07, 6.45) is 0. The Morgan fingerprint density at radius 2 is 1.77 bits per heavy atom. The van der Waals surface area contributed by atoms with E-state index in [1.165, 1.54) is 41.3 Å². The van der Waals surface area contributed by atoms with Crippen LogP contribution in [0, 0.1) is 5.82 Å². The smallest absolute Gasteiger partial charge is 0.258 e. The van der Waals surface area contributed by atoms with E-state index in [-0.39, 0.29) is 17.2 Å². The third kappa shape index (κ3) is 5.48. The fourth-order valence-corrected chi connectivity index (χ4v) is 4.80. The molecule has 156 valence electrons. The Bertz CT molecular complexity index is 1230. The number of nitrogens with one attached hydrogen (secondary N) is 2. The van der Waals surface area contributed by atoms with Crippen LogP contribution in [0.5, 0.6) is 0 Å². The van der Waals surface area contributed by atoms with Crippen molar-refractivity contribution in [3.05, 3.63) is 89.7 Å². The standard InChI is InChI=1S/C23H18FN3O2S2/c24-18-9-5-4-8-17(18)22(29)26-16-10-11-19-20(12-16)31-23(27-19)30-14-21(28)25-13-15-6-2-1-3-7-15/h1-12H,13-14H2,(H,25,28)(H,26,29). The summed E-state index contributed by atoms with van der Waals surface area (Å²) in [6.45, 7) is 0.491. The Morgan fingerprint density at radius 1 is 1.00 bits per heavy atom. The molecule has 2 amide bonds. The number of nitrogens with zero attached hydrogens (tertiary/aromatic N) is 1. The van der Waals surface area contributed by atoms with Gasteiger partial charge in [0.2, 0.25) is 5.91 Å². The van der Waals surface area contributed by atoms with E-state index in [4.69, 9.17) is 0 Å². The zero-order chi connectivity index (χ0) is 21.6. The summed E-state index contributed by atoms with van der Waals surface area (Å²) in [7, 11) is 0. The molecule has 0 aliphatic rings. The summed E-state index contributed by atoms with van der Waals surface area (Å²) in [6, 6.07) is 20.9. The Kier molecular flexibility index (Phi) is 6.59. The first kappa shape index (κ1) is 21.0. The highest BCUT2D eigenvalue weighted by atomic mass is 32.2. The largest absolute Gasteiger partial charge is 0.351 e. The molecular formula is C23H18FN3O2S2. The molecule has 0 unspecified atom stereocenters. The molecule has 8 heteroatoms. The molecule has 4 aromatic rings. The van der Waals surface area contributed by atoms with Crippen molar-refractivity contribution in [3.8, 4) is 0 Å². The van der Waals surface area contributed by atoms with Crippen molar-refractivity contribution < 1.29 is 14.0 Å². The van der Waals surface area contributed by atoms with Crippen LogP contribution in [-0.2, 0) is 11.3 Å². The van der Waals surface area contributed by atoms with Gasteiger partial charge in [0.15, 0.2) is 4.34 Å². The van der Waals surface area contributed by atoms with Gasteiger partial charge in [-0.3, -0.25) is 9.59 Å². The van der Waals surface area contributed by atoms with E-state index >= 15 is 0 Å². The minimum atomic E-state index is -0.567. The molecule has 0 spiro atoms. The van der Waals surface area contributed by atoms with Gasteiger partial charge >= 0.3 is 0 Å². The summed E-state index contributed by atoms with van der Waals surface area (Å²) in [5, 5.41) is 5.60. The molecule has 0 aliphatic carbocycles. The minimum absolute atomic E-state index is 0.00957. The molecule has 0 radical (unpaired) electrons. The molecule has 2 N–H and O–H groups in total. The number of fused-ring (bicyclic) bond motifs is 1. The molecule has 0 saturated carbocycles. The van der Waals surface area contributed by atoms with Gasteiger partial charge in [-0.05, 0) is 35.9 Å². The average molecular weight is 452 g/mol. The van der Waals surface area contributed by atoms with Gasteiger partial charge in [-0.15, -0.1) is 11.3 Å². The summed E-state index contributed by atoms with van der Waals surface area (Å²) in [5.41, 5.74) is 2.37. The second-order valence-corrected chi connectivity index (χ2v) is 8.90. The molecule has 5 nitrogen and oxygen atoms in total. The lowest BCUT2D eigenvalue weighted by molar-refractivity contribution is -0.118. The average Bonchev–Trinajstić information content (AvgIpc) is 3.19. The van der Waals surface area contributed by atoms with Crippen LogP contribution >= 0.6 is 23.1 Å². The van der Waals surface area contributed by atoms with Gasteiger partial charge in [0.25, 0.3) is 5.91 Å². The van der Waals surface area contributed by atoms with E-state index in [0.717, 1.165) is 20.1 Å². The molecule has 1 heterocycles. The van der Waals surface area contributed by atoms with Crippen LogP contribution < -0.4 is 10.6 Å². The number of rotatable bonds is 7. The highest BCUT2D eigenvalue weighted by molar-refractivity contribution is 8.01. The lowest BCUT2D eigenvalue weighted by Gasteiger charge is -2.05. The first-order valence-electron chi connectivity index (χ1n) is 9.48. The summed E-state index contributed by atoms with van der Waals surface area (Å²) in [5.74, 6) is -0.871. The fraction of sp³-hybridized carbons (Fsp3) is 0.0870. The van der Waals surface area contributed by atoms with Crippen LogP contribution in [0.2, 0.25) is 0 Å². The first-order valence-corrected chi connectivity index (χ1v) is 11.3. The topological polar surface area (TPSA) is 71.1 Å². The van der Waals surface area contributed by atoms with Crippen molar-refractivity contribution in [2.24, 2.45) is 0 Å². The molecule has 0 aliphatic heterocycles. The Hall–Kier alpha value is -3.23. The van der Waals surface area contributed by atoms with Crippen molar-refractivity contribution >= 4 is 50.8 Å². The number of aromatic nitrogens is 1. The molecular weight excluding hydrogens is 433 g/mol. The Labute approximate surface area is 186 Å². The van der Waals surface area contributed by atoms with Gasteiger partial charge in [-0.2, -0.15) is 0 Å². The van der Waals surface area contributed by atoms with Gasteiger partial charge in [-0.1, -0.05) is 54.2 Å². The monoisotopic (exact) mass is 451 g/mol. The first-order chi connectivity index (χ1) is 15.1. The van der Waals surface area contributed by atoms with Crippen LogP contribution in [0.1, 0.15) is 15.9 Å². The lowest BCUT2D eigenvalue weighted by Crippen LogP contribution is -2.24. The quantitative estimate of drug-likeness (QED) is 0.384. The highest BCUT2D eigenvalue weighted by Gasteiger charge is 2.13. The van der Waals surface area contributed by atoms with Crippen LogP contribution in [0.25, 0.3) is 10.2 Å². The van der Waals surface area contributed by atoms with E-state index in [0.29, 0.717) is 12.2 Å². The minimum Gasteiger partial charge on any atom is -0.351 e.